The van der Waals surface area contributed by atoms with E-state index in [4.69, 9.17) is 25.3 Å². The van der Waals surface area contributed by atoms with Gasteiger partial charge in [-0.05, 0) is 120 Å². The summed E-state index contributed by atoms with van der Waals surface area (Å²) < 4.78 is 195. The van der Waals surface area contributed by atoms with Crippen molar-refractivity contribution in [2.24, 2.45) is 0 Å². The number of amides is 4. The van der Waals surface area contributed by atoms with Crippen molar-refractivity contribution >= 4 is 135 Å². The first-order valence-electron chi connectivity index (χ1n) is 23.5. The minimum Gasteiger partial charge on any atom is -0.746 e. The number of Topliss-reactive ketones (excluding diaryl/α,β-unsaturated/α-hetero) is 1. The maximum absolute atomic E-state index is 13.6. The molecule has 0 aliphatic heterocycles. The van der Waals surface area contributed by atoms with Gasteiger partial charge in [0, 0.05) is 62.9 Å². The van der Waals surface area contributed by atoms with Gasteiger partial charge in [0.1, 0.15) is 46.3 Å². The van der Waals surface area contributed by atoms with Crippen LogP contribution in [0.5, 0.6) is 0 Å². The van der Waals surface area contributed by atoms with Crippen LogP contribution in [-0.4, -0.2) is 107 Å². The van der Waals surface area contributed by atoms with Crippen LogP contribution in [0.1, 0.15) is 63.7 Å². The van der Waals surface area contributed by atoms with Crippen molar-refractivity contribution in [1.29, 1.82) is 0 Å². The number of nitrogens with one attached hydrogen (secondary N) is 4. The minimum atomic E-state index is -5.71. The summed E-state index contributed by atoms with van der Waals surface area (Å²) in [6.07, 6.45) is -0.241. The fourth-order valence-corrected chi connectivity index (χ4v) is 10.9. The molecule has 0 aliphatic carbocycles. The summed E-state index contributed by atoms with van der Waals surface area (Å²) in [7, 11) is -27.8. The molecule has 0 heterocycles. The summed E-state index contributed by atoms with van der Waals surface area (Å²) >= 11 is 0. The zero-order valence-electron chi connectivity index (χ0n) is 49.5. The van der Waals surface area contributed by atoms with Crippen LogP contribution >= 0.6 is 0 Å². The van der Waals surface area contributed by atoms with E-state index < -0.39 is 121 Å². The van der Waals surface area contributed by atoms with Crippen molar-refractivity contribution in [1.82, 2.24) is 0 Å². The number of hydrogen-bond acceptors (Lipinski definition) is 23. The number of hydrogen-bond donors (Lipinski definition) is 4. The Morgan fingerprint density at radius 1 is 0.424 bits per heavy atom. The van der Waals surface area contributed by atoms with Crippen molar-refractivity contribution < 1.29 is 278 Å². The molecule has 8 rings (SSSR count). The molecular weight excluding hydrogens is 1390 g/mol. The van der Waals surface area contributed by atoms with E-state index in [2.05, 4.69) is 33.4 Å². The first kappa shape index (κ1) is 88.7. The molecule has 39 heteroatoms. The van der Waals surface area contributed by atoms with Gasteiger partial charge in [0.05, 0.1) is 20.4 Å². The van der Waals surface area contributed by atoms with Crippen LogP contribution in [0, 0.1) is 26.0 Å². The molecule has 4 N–H and O–H groups in total. The van der Waals surface area contributed by atoms with Crippen molar-refractivity contribution in [3.8, 4) is 0 Å². The Balaban J connectivity index is 0.00000559. The molecule has 0 aliphatic rings. The minimum absolute atomic E-state index is 0. The second-order valence-corrected chi connectivity index (χ2v) is 24.1. The van der Waals surface area contributed by atoms with Gasteiger partial charge in [-0.15, -0.1) is 25.3 Å². The van der Waals surface area contributed by atoms with E-state index in [1.807, 2.05) is 0 Å². The Kier molecular flexibility index (Phi) is 36.7. The van der Waals surface area contributed by atoms with Gasteiger partial charge in [0.2, 0.25) is 0 Å². The molecule has 8 aromatic rings. The van der Waals surface area contributed by atoms with Gasteiger partial charge in [-0.3, -0.25) is 30.0 Å². The maximum Gasteiger partial charge on any atom is 1.00 e. The number of benzene rings is 8. The first-order chi connectivity index (χ1) is 40.0. The molecule has 0 bridgehead atoms. The molecule has 0 saturated carbocycles. The van der Waals surface area contributed by atoms with E-state index in [0.29, 0.717) is 40.1 Å². The Morgan fingerprint density at radius 2 is 0.793 bits per heavy atom. The molecule has 0 fully saturated rings. The average molecular weight is 1430 g/mol. The normalized spacial score (nSPS) is 10.7. The molecule has 0 saturated heterocycles. The summed E-state index contributed by atoms with van der Waals surface area (Å²) in [6.45, 7) is 3.30. The van der Waals surface area contributed by atoms with Crippen molar-refractivity contribution in [3.63, 3.8) is 0 Å². The maximum atomic E-state index is 13.6. The number of rotatable bonds is 16. The molecule has 8 aromatic carbocycles. The fraction of sp³-hybridized carbons (Fsp3) is 0.0755. The third kappa shape index (κ3) is 25.0. The van der Waals surface area contributed by atoms with E-state index >= 15 is 0 Å². The van der Waals surface area contributed by atoms with Crippen LogP contribution in [-0.2, 0) is 79.3 Å². The van der Waals surface area contributed by atoms with Gasteiger partial charge in [0.25, 0.3) is 23.6 Å². The molecular formula is C53H36N4Na6O23S6. The van der Waals surface area contributed by atoms with Crippen LogP contribution < -0.4 is 199 Å². The van der Waals surface area contributed by atoms with Crippen molar-refractivity contribution in [2.75, 3.05) is 21.3 Å². The van der Waals surface area contributed by atoms with E-state index in [0.717, 1.165) is 12.1 Å². The SMILES string of the molecule is Cc1ccc(C(=O)Nc2ccc(S(=O)(=O)[O-])c3c[c-]c[c-]c23)cc1NC(=O)c1cccc(CC(=O)Cc2cccc(C(=O)Nc3cc(C(=O)Nc4ccc(S(=O)(=O)[O-])c5cc(S(=O)(=O)[O-])cc(S(=O)(=O)[O-])c45)ccc3C)c2)c1.O=S(=O)=O.O=S(=O)=O.[Na+].[Na+].[Na+].[Na+].[Na+].[Na+]. The number of anilines is 4. The molecule has 0 atom stereocenters. The van der Waals surface area contributed by atoms with Crippen LogP contribution in [0.4, 0.5) is 22.7 Å². The average Bonchev–Trinajstić information content (AvgIpc) is 0.747. The monoisotopic (exact) mass is 1430 g/mol. The molecule has 0 aromatic heterocycles. The second kappa shape index (κ2) is 38.0. The molecule has 4 amide bonds. The third-order valence-corrected chi connectivity index (χ3v) is 15.5. The zero-order chi connectivity index (χ0) is 63.8. The Bertz CT molecular complexity index is 4860. The summed E-state index contributed by atoms with van der Waals surface area (Å²) in [4.78, 5) is 63.2. The standard InChI is InChI=1S/C53H40N4O17S4.6Na.2O3S/c1-29-13-15-35(52(61)54-42-17-19-46(76(66,67)68)40-12-4-3-11-39(40)42)25-44(29)56-50(59)33-9-5-7-31(21-33)23-37(58)24-32-8-6-10-34(22-32)51(60)57-45-26-36(16-14-30(45)2)53(62)55-43-18-20-47(77(69,70)71)41-27-38(75(63,64)65)28-48(49(41)43)78(72,73)74;;;;;;;2*1-4(2)3/h3,5-10,12-22,25-28H,23-24H2,1-2H3,(H,54,61)(H,55,62)(H,56,59)(H,57,60)(H,63,64,65)(H,66,67,68)(H,69,70,71)(H,72,73,74);;;;;;;;/q-2;6*+1;;/p-4. The number of fused-ring (bicyclic) bond motifs is 2. The third-order valence-electron chi connectivity index (χ3n) is 12.0. The molecule has 0 spiro atoms. The summed E-state index contributed by atoms with van der Waals surface area (Å²) in [5.74, 6) is -3.14. The predicted molar refractivity (Wildman–Crippen MR) is 296 cm³/mol. The Labute approximate surface area is 661 Å². The van der Waals surface area contributed by atoms with Gasteiger partial charge in [-0.25, -0.2) is 44.4 Å². The molecule has 0 radical (unpaired) electrons. The molecule has 92 heavy (non-hydrogen) atoms. The fourth-order valence-electron chi connectivity index (χ4n) is 8.26. The summed E-state index contributed by atoms with van der Waals surface area (Å²) in [5.41, 5.74) is 2.24. The first-order valence-corrected chi connectivity index (χ1v) is 31.1. The largest absolute Gasteiger partial charge is 1.00 e. The van der Waals surface area contributed by atoms with E-state index in [1.54, 1.807) is 44.2 Å². The molecule has 27 nitrogen and oxygen atoms in total. The zero-order valence-corrected chi connectivity index (χ0v) is 66.4. The topological polar surface area (TPSA) is 465 Å². The predicted octanol–water partition coefficient (Wildman–Crippen LogP) is -13.8. The van der Waals surface area contributed by atoms with Gasteiger partial charge < -0.3 is 57.7 Å². The van der Waals surface area contributed by atoms with Gasteiger partial charge in [-0.1, -0.05) is 42.5 Å². The van der Waals surface area contributed by atoms with Crippen molar-refractivity contribution in [3.05, 3.63) is 190 Å². The number of carbonyl (C=O) groups is 5. The molecule has 0 unspecified atom stereocenters. The van der Waals surface area contributed by atoms with Crippen LogP contribution in [0.3, 0.4) is 0 Å². The van der Waals surface area contributed by atoms with Crippen LogP contribution in [0.15, 0.2) is 153 Å². The van der Waals surface area contributed by atoms with Crippen LogP contribution in [0.2, 0.25) is 0 Å². The smallest absolute Gasteiger partial charge is 0.746 e. The summed E-state index contributed by atoms with van der Waals surface area (Å²) in [6, 6.07) is 33.4. The van der Waals surface area contributed by atoms with Gasteiger partial charge >= 0.3 is 199 Å². The quantitative estimate of drug-likeness (QED) is 0.0396. The molecule has 448 valence electrons. The number of aryl methyl sites for hydroxylation is 2. The number of carbonyl (C=O) groups excluding carboxylic acids is 5. The van der Waals surface area contributed by atoms with Crippen LogP contribution in [0.25, 0.3) is 21.5 Å². The summed E-state index contributed by atoms with van der Waals surface area (Å²) in [5, 5.41) is 8.83. The van der Waals surface area contributed by atoms with Crippen molar-refractivity contribution in [2.45, 2.75) is 46.3 Å². The Morgan fingerprint density at radius 3 is 1.20 bits per heavy atom. The second-order valence-electron chi connectivity index (χ2n) is 17.8. The van der Waals surface area contributed by atoms with Gasteiger partial charge in [0.15, 0.2) is 0 Å². The van der Waals surface area contributed by atoms with Gasteiger partial charge in [-0.2, -0.15) is 0 Å². The Hall–Kier alpha value is -3.29. The van der Waals surface area contributed by atoms with E-state index in [1.165, 1.54) is 72.8 Å². The van der Waals surface area contributed by atoms with E-state index in [-0.39, 0.29) is 246 Å². The van der Waals surface area contributed by atoms with E-state index in [9.17, 15) is 75.9 Å². The number of ketones is 1.